The lowest BCUT2D eigenvalue weighted by atomic mass is 10.1. The summed E-state index contributed by atoms with van der Waals surface area (Å²) >= 11 is 1.60. The van der Waals surface area contributed by atoms with Crippen molar-refractivity contribution in [1.29, 1.82) is 0 Å². The summed E-state index contributed by atoms with van der Waals surface area (Å²) in [5.74, 6) is 0. The van der Waals surface area contributed by atoms with Gasteiger partial charge in [0.05, 0.1) is 29.5 Å². The van der Waals surface area contributed by atoms with Crippen LogP contribution in [0, 0.1) is 6.92 Å². The third-order valence-corrected chi connectivity index (χ3v) is 8.54. The van der Waals surface area contributed by atoms with Gasteiger partial charge in [0, 0.05) is 24.5 Å². The minimum absolute atomic E-state index is 0.289. The fourth-order valence-electron chi connectivity index (χ4n) is 3.68. The van der Waals surface area contributed by atoms with E-state index in [1.54, 1.807) is 35.6 Å². The predicted octanol–water partition coefficient (Wildman–Crippen LogP) is 4.75. The van der Waals surface area contributed by atoms with Crippen molar-refractivity contribution >= 4 is 27.0 Å². The van der Waals surface area contributed by atoms with Crippen molar-refractivity contribution in [3.63, 3.8) is 0 Å². The summed E-state index contributed by atoms with van der Waals surface area (Å²) in [5.41, 5.74) is 4.28. The molecule has 3 aromatic rings. The van der Waals surface area contributed by atoms with Crippen LogP contribution >= 0.6 is 11.3 Å². The van der Waals surface area contributed by atoms with Crippen LogP contribution in [-0.2, 0) is 14.8 Å². The van der Waals surface area contributed by atoms with Crippen molar-refractivity contribution in [2.45, 2.75) is 38.1 Å². The van der Waals surface area contributed by atoms with E-state index in [1.165, 1.54) is 15.4 Å². The number of hydrogen-bond donors (Lipinski definition) is 0. The van der Waals surface area contributed by atoms with Crippen LogP contribution in [0.2, 0.25) is 0 Å². The third kappa shape index (κ3) is 4.73. The molecule has 1 fully saturated rings. The zero-order chi connectivity index (χ0) is 22.7. The molecule has 8 heteroatoms. The second-order valence-electron chi connectivity index (χ2n) is 8.02. The summed E-state index contributed by atoms with van der Waals surface area (Å²) in [6.07, 6.45) is 0.986. The predicted molar refractivity (Wildman–Crippen MR) is 129 cm³/mol. The topological polar surface area (TPSA) is 63.9 Å². The minimum Gasteiger partial charge on any atom is -0.379 e. The summed E-state index contributed by atoms with van der Waals surface area (Å²) in [5, 5.41) is 2.15. The molecule has 1 atom stereocenters. The molecule has 1 aliphatic heterocycles. The number of ether oxygens (including phenoxy) is 1. The fourth-order valence-corrected chi connectivity index (χ4v) is 6.11. The highest BCUT2D eigenvalue weighted by Gasteiger charge is 2.26. The molecule has 1 aliphatic rings. The Morgan fingerprint density at radius 2 is 1.72 bits per heavy atom. The first-order valence-electron chi connectivity index (χ1n) is 10.9. The van der Waals surface area contributed by atoms with Gasteiger partial charge in [-0.1, -0.05) is 36.8 Å². The second kappa shape index (κ2) is 9.70. The van der Waals surface area contributed by atoms with Crippen LogP contribution < -0.4 is 4.80 Å². The van der Waals surface area contributed by atoms with Gasteiger partial charge in [-0.2, -0.15) is 4.31 Å². The van der Waals surface area contributed by atoms with Gasteiger partial charge >= 0.3 is 0 Å². The Bertz CT molecular complexity index is 1220. The summed E-state index contributed by atoms with van der Waals surface area (Å²) < 4.78 is 34.7. The molecular weight excluding hydrogens is 442 g/mol. The Morgan fingerprint density at radius 1 is 1.06 bits per heavy atom. The van der Waals surface area contributed by atoms with Crippen molar-refractivity contribution in [2.24, 2.45) is 4.99 Å². The quantitative estimate of drug-likeness (QED) is 0.521. The zero-order valence-corrected chi connectivity index (χ0v) is 20.3. The fraction of sp³-hybridized carbons (Fsp3) is 0.375. The number of thiazole rings is 1. The van der Waals surface area contributed by atoms with Crippen LogP contribution in [-0.4, -0.2) is 43.6 Å². The molecule has 0 N–H and O–H groups in total. The molecule has 0 bridgehead atoms. The Kier molecular flexibility index (Phi) is 6.95. The summed E-state index contributed by atoms with van der Waals surface area (Å²) in [4.78, 5) is 6.06. The largest absolute Gasteiger partial charge is 0.379 e. The van der Waals surface area contributed by atoms with Gasteiger partial charge in [0.1, 0.15) is 0 Å². The van der Waals surface area contributed by atoms with Crippen LogP contribution in [0.4, 0.5) is 5.69 Å². The van der Waals surface area contributed by atoms with Gasteiger partial charge in [-0.05, 0) is 50.1 Å². The Balaban J connectivity index is 1.68. The van der Waals surface area contributed by atoms with Crippen LogP contribution in [0.15, 0.2) is 63.8 Å². The molecular formula is C24H29N3O3S2. The van der Waals surface area contributed by atoms with Gasteiger partial charge in [0.15, 0.2) is 4.80 Å². The zero-order valence-electron chi connectivity index (χ0n) is 18.7. The number of nitrogens with zero attached hydrogens (tertiary/aromatic N) is 3. The van der Waals surface area contributed by atoms with Crippen LogP contribution in [0.5, 0.6) is 0 Å². The van der Waals surface area contributed by atoms with Crippen LogP contribution in [0.1, 0.15) is 31.9 Å². The standard InChI is InChI=1S/C24H29N3O3S2/c1-4-19(3)27-23(20-7-5-18(2)6-8-20)17-31-24(27)25-21-9-11-22(12-10-21)32(28,29)26-13-15-30-16-14-26/h5-12,17,19H,4,13-16H2,1-3H3. The average Bonchev–Trinajstić information content (AvgIpc) is 3.23. The van der Waals surface area contributed by atoms with Crippen molar-refractivity contribution in [1.82, 2.24) is 8.87 Å². The molecule has 6 nitrogen and oxygen atoms in total. The maximum atomic E-state index is 12.9. The van der Waals surface area contributed by atoms with Gasteiger partial charge < -0.3 is 9.30 Å². The molecule has 1 aromatic heterocycles. The number of hydrogen-bond acceptors (Lipinski definition) is 5. The number of aryl methyl sites for hydroxylation is 1. The molecule has 1 saturated heterocycles. The van der Waals surface area contributed by atoms with E-state index in [2.05, 4.69) is 55.0 Å². The highest BCUT2D eigenvalue weighted by molar-refractivity contribution is 7.89. The lowest BCUT2D eigenvalue weighted by molar-refractivity contribution is 0.0730. The first-order valence-corrected chi connectivity index (χ1v) is 13.2. The van der Waals surface area contributed by atoms with Gasteiger partial charge in [-0.3, -0.25) is 0 Å². The van der Waals surface area contributed by atoms with Gasteiger partial charge in [0.2, 0.25) is 10.0 Å². The number of aromatic nitrogens is 1. The first-order chi connectivity index (χ1) is 15.4. The monoisotopic (exact) mass is 471 g/mol. The molecule has 32 heavy (non-hydrogen) atoms. The molecule has 1 unspecified atom stereocenters. The molecule has 0 aliphatic carbocycles. The number of sulfonamides is 1. The van der Waals surface area contributed by atoms with E-state index in [0.29, 0.717) is 31.2 Å². The Labute approximate surface area is 193 Å². The highest BCUT2D eigenvalue weighted by atomic mass is 32.2. The summed E-state index contributed by atoms with van der Waals surface area (Å²) in [6.45, 7) is 8.10. The maximum absolute atomic E-state index is 12.9. The first kappa shape index (κ1) is 22.9. The van der Waals surface area contributed by atoms with E-state index in [-0.39, 0.29) is 6.04 Å². The van der Waals surface area contributed by atoms with Crippen LogP contribution in [0.25, 0.3) is 11.3 Å². The molecule has 2 heterocycles. The lowest BCUT2D eigenvalue weighted by Gasteiger charge is -2.26. The second-order valence-corrected chi connectivity index (χ2v) is 10.8. The van der Waals surface area contributed by atoms with Crippen LogP contribution in [0.3, 0.4) is 0 Å². The lowest BCUT2D eigenvalue weighted by Crippen LogP contribution is -2.40. The molecule has 0 amide bonds. The Morgan fingerprint density at radius 3 is 2.34 bits per heavy atom. The SMILES string of the molecule is CCC(C)n1c(-c2ccc(C)cc2)csc1=Nc1ccc(S(=O)(=O)N2CCOCC2)cc1. The van der Waals surface area contributed by atoms with E-state index < -0.39 is 10.0 Å². The number of benzene rings is 2. The summed E-state index contributed by atoms with van der Waals surface area (Å²) in [7, 11) is -3.50. The normalized spacial score (nSPS) is 16.9. The Hall–Kier alpha value is -2.26. The molecule has 2 aromatic carbocycles. The number of rotatable bonds is 6. The van der Waals surface area contributed by atoms with E-state index >= 15 is 0 Å². The molecule has 170 valence electrons. The van der Waals surface area contributed by atoms with Crippen molar-refractivity contribution in [2.75, 3.05) is 26.3 Å². The highest BCUT2D eigenvalue weighted by Crippen LogP contribution is 2.26. The maximum Gasteiger partial charge on any atom is 0.243 e. The van der Waals surface area contributed by atoms with Gasteiger partial charge in [0.25, 0.3) is 0 Å². The molecule has 0 radical (unpaired) electrons. The van der Waals surface area contributed by atoms with E-state index in [9.17, 15) is 8.42 Å². The molecule has 0 spiro atoms. The van der Waals surface area contributed by atoms with Gasteiger partial charge in [-0.15, -0.1) is 11.3 Å². The summed E-state index contributed by atoms with van der Waals surface area (Å²) in [6, 6.07) is 15.7. The van der Waals surface area contributed by atoms with Gasteiger partial charge in [-0.25, -0.2) is 13.4 Å². The average molecular weight is 472 g/mol. The van der Waals surface area contributed by atoms with E-state index in [0.717, 1.165) is 22.6 Å². The van der Waals surface area contributed by atoms with Crippen molar-refractivity contribution < 1.29 is 13.2 Å². The third-order valence-electron chi connectivity index (χ3n) is 5.79. The molecule has 0 saturated carbocycles. The minimum atomic E-state index is -3.50. The molecule has 4 rings (SSSR count). The van der Waals surface area contributed by atoms with Crippen molar-refractivity contribution in [3.8, 4) is 11.3 Å². The van der Waals surface area contributed by atoms with Crippen molar-refractivity contribution in [3.05, 3.63) is 64.3 Å². The smallest absolute Gasteiger partial charge is 0.243 e. The number of morpholine rings is 1. The van der Waals surface area contributed by atoms with E-state index in [1.807, 2.05) is 0 Å². The van der Waals surface area contributed by atoms with E-state index in [4.69, 9.17) is 9.73 Å².